The number of aliphatic hydroxyl groups is 1. The molecule has 4 nitrogen and oxygen atoms in total. The number of carbonyl (C=O) groups is 1. The molecule has 4 heteroatoms. The predicted octanol–water partition coefficient (Wildman–Crippen LogP) is -0.771. The highest BCUT2D eigenvalue weighted by Gasteiger charge is 2.48. The van der Waals surface area contributed by atoms with Crippen molar-refractivity contribution >= 4 is 5.78 Å². The Morgan fingerprint density at radius 1 is 1.82 bits per heavy atom. The number of hydrogen-bond acceptors (Lipinski definition) is 4. The molecular weight excluding hydrogens is 148 g/mol. The first-order chi connectivity index (χ1) is 5.27. The molecule has 0 spiro atoms. The Hall–Kier alpha value is -0.710. The quantitative estimate of drug-likeness (QED) is 0.541. The highest BCUT2D eigenvalue weighted by atomic mass is 16.8. The molecule has 0 saturated carbocycles. The Labute approximate surface area is 63.4 Å². The van der Waals surface area contributed by atoms with Gasteiger partial charge in [0, 0.05) is 0 Å². The van der Waals surface area contributed by atoms with E-state index in [4.69, 9.17) is 14.6 Å². The van der Waals surface area contributed by atoms with Crippen LogP contribution in [0.4, 0.5) is 0 Å². The highest BCUT2D eigenvalue weighted by Crippen LogP contribution is 2.29. The van der Waals surface area contributed by atoms with Gasteiger partial charge in [0.1, 0.15) is 12.7 Å². The molecule has 2 aliphatic heterocycles. The van der Waals surface area contributed by atoms with Crippen LogP contribution in [0.3, 0.4) is 0 Å². The van der Waals surface area contributed by atoms with Crippen LogP contribution < -0.4 is 0 Å². The summed E-state index contributed by atoms with van der Waals surface area (Å²) in [5, 5.41) is 8.83. The summed E-state index contributed by atoms with van der Waals surface area (Å²) in [5.41, 5.74) is 0. The van der Waals surface area contributed by atoms with Crippen molar-refractivity contribution in [2.75, 3.05) is 13.2 Å². The van der Waals surface area contributed by atoms with Gasteiger partial charge in [0.2, 0.25) is 5.78 Å². The van der Waals surface area contributed by atoms with Gasteiger partial charge in [-0.3, -0.25) is 4.79 Å². The second kappa shape index (κ2) is 2.14. The summed E-state index contributed by atoms with van der Waals surface area (Å²) in [5.74, 6) is -1.69. The lowest BCUT2D eigenvalue weighted by molar-refractivity contribution is -0.193. The summed E-state index contributed by atoms with van der Waals surface area (Å²) in [6.07, 6.45) is 2.88. The lowest BCUT2D eigenvalue weighted by Gasteiger charge is -2.24. The molecule has 0 amide bonds. The molecule has 0 aromatic rings. The van der Waals surface area contributed by atoms with E-state index in [2.05, 4.69) is 0 Å². The molecule has 0 aliphatic carbocycles. The Bertz CT molecular complexity index is 222. The van der Waals surface area contributed by atoms with Gasteiger partial charge < -0.3 is 14.6 Å². The van der Waals surface area contributed by atoms with E-state index in [1.54, 1.807) is 6.08 Å². The number of aliphatic hydroxyl groups excluding tert-OH is 1. The predicted molar refractivity (Wildman–Crippen MR) is 34.8 cm³/mol. The van der Waals surface area contributed by atoms with Gasteiger partial charge in [0.25, 0.3) is 5.79 Å². The van der Waals surface area contributed by atoms with Crippen molar-refractivity contribution in [1.29, 1.82) is 0 Å². The molecule has 2 rings (SSSR count). The van der Waals surface area contributed by atoms with Crippen molar-refractivity contribution in [2.24, 2.45) is 0 Å². The fourth-order valence-electron chi connectivity index (χ4n) is 1.24. The Kier molecular flexibility index (Phi) is 1.35. The minimum atomic E-state index is -1.38. The maximum Gasteiger partial charge on any atom is 0.257 e. The first-order valence-electron chi connectivity index (χ1n) is 3.42. The molecule has 0 aromatic heterocycles. The normalized spacial score (nSPS) is 41.5. The third kappa shape index (κ3) is 0.837. The summed E-state index contributed by atoms with van der Waals surface area (Å²) in [6, 6.07) is 0. The van der Waals surface area contributed by atoms with E-state index in [0.717, 1.165) is 0 Å². The fourth-order valence-corrected chi connectivity index (χ4v) is 1.24. The third-order valence-corrected chi connectivity index (χ3v) is 1.87. The summed E-state index contributed by atoms with van der Waals surface area (Å²) < 4.78 is 10.2. The van der Waals surface area contributed by atoms with Crippen molar-refractivity contribution < 1.29 is 19.4 Å². The molecule has 2 atom stereocenters. The molecule has 2 bridgehead atoms. The van der Waals surface area contributed by atoms with Crippen molar-refractivity contribution in [3.8, 4) is 0 Å². The molecule has 2 heterocycles. The molecule has 1 saturated heterocycles. The Balaban J connectivity index is 2.34. The summed E-state index contributed by atoms with van der Waals surface area (Å²) in [7, 11) is 0. The molecular formula is C7H8O4. The van der Waals surface area contributed by atoms with Crippen molar-refractivity contribution in [2.45, 2.75) is 11.9 Å². The van der Waals surface area contributed by atoms with Gasteiger partial charge in [0.05, 0.1) is 6.61 Å². The summed E-state index contributed by atoms with van der Waals surface area (Å²) in [4.78, 5) is 11.1. The number of carbonyl (C=O) groups excluding carboxylic acids is 1. The lowest BCUT2D eigenvalue weighted by Crippen LogP contribution is -2.44. The van der Waals surface area contributed by atoms with Crippen LogP contribution in [0.15, 0.2) is 12.2 Å². The molecule has 60 valence electrons. The summed E-state index contributed by atoms with van der Waals surface area (Å²) in [6.45, 7) is -0.0600. The van der Waals surface area contributed by atoms with Crippen LogP contribution in [-0.4, -0.2) is 36.0 Å². The Morgan fingerprint density at radius 2 is 2.64 bits per heavy atom. The largest absolute Gasteiger partial charge is 0.390 e. The van der Waals surface area contributed by atoms with Gasteiger partial charge in [-0.1, -0.05) is 0 Å². The molecule has 1 N–H and O–H groups in total. The van der Waals surface area contributed by atoms with Crippen LogP contribution in [0, 0.1) is 0 Å². The monoisotopic (exact) mass is 156 g/mol. The second-order valence-electron chi connectivity index (χ2n) is 2.60. The van der Waals surface area contributed by atoms with Gasteiger partial charge in [-0.25, -0.2) is 0 Å². The first kappa shape index (κ1) is 6.97. The van der Waals surface area contributed by atoms with Crippen LogP contribution in [0.25, 0.3) is 0 Å². The van der Waals surface area contributed by atoms with Crippen LogP contribution in [0.5, 0.6) is 0 Å². The first-order valence-corrected chi connectivity index (χ1v) is 3.42. The molecule has 1 fully saturated rings. The average Bonchev–Trinajstić information content (AvgIpc) is 2.39. The maximum absolute atomic E-state index is 11.1. The fraction of sp³-hybridized carbons (Fsp3) is 0.571. The topological polar surface area (TPSA) is 55.8 Å². The van der Waals surface area contributed by atoms with Crippen molar-refractivity contribution in [3.63, 3.8) is 0 Å². The standard InChI is InChI=1S/C7H8O4/c8-4-7-6(9)2-1-5(11-7)3-10-7/h1-2,5,8H,3-4H2. The van der Waals surface area contributed by atoms with Crippen molar-refractivity contribution in [1.82, 2.24) is 0 Å². The number of ether oxygens (including phenoxy) is 2. The number of ketones is 1. The average molecular weight is 156 g/mol. The van der Waals surface area contributed by atoms with E-state index < -0.39 is 12.4 Å². The molecule has 0 aromatic carbocycles. The third-order valence-electron chi connectivity index (χ3n) is 1.87. The van der Waals surface area contributed by atoms with Gasteiger partial charge >= 0.3 is 0 Å². The zero-order valence-electron chi connectivity index (χ0n) is 5.82. The molecule has 11 heavy (non-hydrogen) atoms. The van der Waals surface area contributed by atoms with E-state index in [0.29, 0.717) is 6.61 Å². The molecule has 2 unspecified atom stereocenters. The SMILES string of the molecule is O=C1C=CC2COC1(CO)O2. The highest BCUT2D eigenvalue weighted by molar-refractivity contribution is 5.97. The van der Waals surface area contributed by atoms with Gasteiger partial charge in [-0.2, -0.15) is 0 Å². The van der Waals surface area contributed by atoms with E-state index >= 15 is 0 Å². The number of fused-ring (bicyclic) bond motifs is 2. The van der Waals surface area contributed by atoms with Crippen LogP contribution in [-0.2, 0) is 14.3 Å². The van der Waals surface area contributed by atoms with E-state index in [-0.39, 0.29) is 11.9 Å². The smallest absolute Gasteiger partial charge is 0.257 e. The maximum atomic E-state index is 11.1. The van der Waals surface area contributed by atoms with Gasteiger partial charge in [0.15, 0.2) is 0 Å². The number of hydrogen-bond donors (Lipinski definition) is 1. The molecule has 0 radical (unpaired) electrons. The number of rotatable bonds is 1. The van der Waals surface area contributed by atoms with Gasteiger partial charge in [-0.15, -0.1) is 0 Å². The van der Waals surface area contributed by atoms with Gasteiger partial charge in [-0.05, 0) is 12.2 Å². The van der Waals surface area contributed by atoms with E-state index in [1.165, 1.54) is 6.08 Å². The summed E-state index contributed by atoms with van der Waals surface area (Å²) >= 11 is 0. The zero-order chi connectivity index (χ0) is 7.90. The minimum Gasteiger partial charge on any atom is -0.390 e. The minimum absolute atomic E-state index is 0.167. The van der Waals surface area contributed by atoms with E-state index in [1.807, 2.05) is 0 Å². The van der Waals surface area contributed by atoms with Crippen LogP contribution in [0.1, 0.15) is 0 Å². The second-order valence-corrected chi connectivity index (χ2v) is 2.60. The Morgan fingerprint density at radius 3 is 3.27 bits per heavy atom. The van der Waals surface area contributed by atoms with Crippen LogP contribution in [0.2, 0.25) is 0 Å². The van der Waals surface area contributed by atoms with E-state index in [9.17, 15) is 4.79 Å². The lowest BCUT2D eigenvalue weighted by atomic mass is 10.1. The van der Waals surface area contributed by atoms with Crippen molar-refractivity contribution in [3.05, 3.63) is 12.2 Å². The van der Waals surface area contributed by atoms with Crippen LogP contribution >= 0.6 is 0 Å². The zero-order valence-corrected chi connectivity index (χ0v) is 5.82. The molecule has 2 aliphatic rings.